The van der Waals surface area contributed by atoms with Crippen LogP contribution in [0.25, 0.3) is 0 Å². The summed E-state index contributed by atoms with van der Waals surface area (Å²) in [6.07, 6.45) is 1.25. The molecule has 3 aromatic rings. The number of nitrogens with one attached hydrogen (secondary N) is 1. The van der Waals surface area contributed by atoms with Gasteiger partial charge >= 0.3 is 0 Å². The molecule has 11 nitrogen and oxygen atoms in total. The molecule has 202 valence electrons. The van der Waals surface area contributed by atoms with E-state index in [-0.39, 0.29) is 49.5 Å². The number of hydrogen-bond donors (Lipinski definition) is 2. The first kappa shape index (κ1) is 27.2. The van der Waals surface area contributed by atoms with Crippen molar-refractivity contribution < 1.29 is 19.4 Å². The molecule has 2 heterocycles. The average molecular weight is 522 g/mol. The van der Waals surface area contributed by atoms with Gasteiger partial charge in [-0.25, -0.2) is 4.68 Å². The smallest absolute Gasteiger partial charge is 0.246 e. The number of anilines is 1. The maximum absolute atomic E-state index is 13.4. The van der Waals surface area contributed by atoms with Crippen molar-refractivity contribution in [3.8, 4) is 5.75 Å². The summed E-state index contributed by atoms with van der Waals surface area (Å²) in [4.78, 5) is 29.8. The fourth-order valence-corrected chi connectivity index (χ4v) is 4.59. The first-order valence-electron chi connectivity index (χ1n) is 12.8. The molecular weight excluding hydrogens is 486 g/mol. The van der Waals surface area contributed by atoms with Crippen LogP contribution in [0.2, 0.25) is 0 Å². The van der Waals surface area contributed by atoms with E-state index in [2.05, 4.69) is 51.8 Å². The lowest BCUT2D eigenvalue weighted by Gasteiger charge is -2.34. The van der Waals surface area contributed by atoms with Gasteiger partial charge in [-0.3, -0.25) is 14.5 Å². The van der Waals surface area contributed by atoms with E-state index < -0.39 is 0 Å². The van der Waals surface area contributed by atoms with Crippen LogP contribution in [0, 0.1) is 5.92 Å². The molecule has 0 saturated heterocycles. The molecule has 0 saturated carbocycles. The molecule has 0 fully saturated rings. The number of nitrogens with zero attached hydrogens (tertiary/aromatic N) is 6. The Morgan fingerprint density at radius 2 is 2.05 bits per heavy atom. The molecule has 0 aliphatic carbocycles. The minimum absolute atomic E-state index is 0.00722. The minimum atomic E-state index is -0.326. The van der Waals surface area contributed by atoms with Crippen LogP contribution in [0.1, 0.15) is 25.0 Å². The number of likely N-dealkylation sites (N-methyl/N-ethyl adjacent to an activating group) is 1. The number of benzene rings is 2. The largest absolute Gasteiger partial charge is 0.488 e. The highest BCUT2D eigenvalue weighted by molar-refractivity contribution is 5.91. The van der Waals surface area contributed by atoms with E-state index in [4.69, 9.17) is 4.74 Å². The number of rotatable bonds is 9. The van der Waals surface area contributed by atoms with Crippen LogP contribution in [0.3, 0.4) is 0 Å². The topological polar surface area (TPSA) is 126 Å². The molecule has 0 bridgehead atoms. The number of aliphatic hydroxyl groups is 1. The van der Waals surface area contributed by atoms with E-state index in [1.54, 1.807) is 23.1 Å². The molecule has 11 heteroatoms. The summed E-state index contributed by atoms with van der Waals surface area (Å²) >= 11 is 0. The number of amides is 2. The number of aliphatic hydroxyl groups excluding tert-OH is 1. The Kier molecular flexibility index (Phi) is 9.03. The van der Waals surface area contributed by atoms with E-state index in [1.165, 1.54) is 16.6 Å². The average Bonchev–Trinajstić information content (AvgIpc) is 3.41. The van der Waals surface area contributed by atoms with Crippen molar-refractivity contribution in [1.82, 2.24) is 30.0 Å². The summed E-state index contributed by atoms with van der Waals surface area (Å²) in [5.41, 5.74) is 2.43. The zero-order valence-electron chi connectivity index (χ0n) is 22.0. The Labute approximate surface area is 222 Å². The molecule has 0 unspecified atom stereocenters. The monoisotopic (exact) mass is 521 g/mol. The Morgan fingerprint density at radius 1 is 1.26 bits per heavy atom. The molecule has 38 heavy (non-hydrogen) atoms. The van der Waals surface area contributed by atoms with Gasteiger partial charge in [0.05, 0.1) is 19.1 Å². The van der Waals surface area contributed by atoms with Crippen LogP contribution in [0.15, 0.2) is 54.9 Å². The lowest BCUT2D eigenvalue weighted by Crippen LogP contribution is -2.47. The lowest BCUT2D eigenvalue weighted by molar-refractivity contribution is -0.134. The first-order valence-corrected chi connectivity index (χ1v) is 12.8. The molecule has 3 atom stereocenters. The van der Waals surface area contributed by atoms with Crippen molar-refractivity contribution in [3.63, 3.8) is 0 Å². The van der Waals surface area contributed by atoms with Crippen LogP contribution in [0.4, 0.5) is 5.69 Å². The second kappa shape index (κ2) is 12.6. The van der Waals surface area contributed by atoms with Crippen LogP contribution in [-0.4, -0.2) is 85.8 Å². The van der Waals surface area contributed by atoms with Gasteiger partial charge in [0.15, 0.2) is 0 Å². The Balaban J connectivity index is 1.57. The van der Waals surface area contributed by atoms with Crippen molar-refractivity contribution in [2.45, 2.75) is 45.5 Å². The van der Waals surface area contributed by atoms with Crippen LogP contribution in [0.5, 0.6) is 5.75 Å². The quantitative estimate of drug-likeness (QED) is 0.435. The molecule has 4 rings (SSSR count). The second-order valence-electron chi connectivity index (χ2n) is 9.95. The summed E-state index contributed by atoms with van der Waals surface area (Å²) in [5, 5.41) is 23.5. The Morgan fingerprint density at radius 3 is 2.76 bits per heavy atom. The number of carbonyl (C=O) groups is 2. The van der Waals surface area contributed by atoms with Crippen molar-refractivity contribution in [2.75, 3.05) is 32.1 Å². The van der Waals surface area contributed by atoms with Gasteiger partial charge in [0.2, 0.25) is 11.8 Å². The fourth-order valence-electron chi connectivity index (χ4n) is 4.59. The molecule has 1 aliphatic heterocycles. The molecule has 1 aliphatic rings. The van der Waals surface area contributed by atoms with E-state index in [1.807, 2.05) is 25.1 Å². The van der Waals surface area contributed by atoms with Crippen molar-refractivity contribution in [3.05, 3.63) is 66.0 Å². The van der Waals surface area contributed by atoms with E-state index >= 15 is 0 Å². The van der Waals surface area contributed by atoms with Crippen molar-refractivity contribution in [1.29, 1.82) is 0 Å². The zero-order valence-corrected chi connectivity index (χ0v) is 22.0. The molecule has 1 aromatic heterocycles. The number of carbonyl (C=O) groups excluding carboxylic acids is 2. The van der Waals surface area contributed by atoms with Gasteiger partial charge in [-0.1, -0.05) is 37.3 Å². The molecular formula is C27H35N7O4. The normalized spacial score (nSPS) is 18.7. The van der Waals surface area contributed by atoms with Crippen molar-refractivity contribution >= 4 is 17.5 Å². The maximum Gasteiger partial charge on any atom is 0.246 e. The third kappa shape index (κ3) is 7.14. The van der Waals surface area contributed by atoms with Crippen molar-refractivity contribution in [2.24, 2.45) is 5.92 Å². The number of ether oxygens (including phenoxy) is 1. The molecule has 0 spiro atoms. The summed E-state index contributed by atoms with van der Waals surface area (Å²) in [6, 6.07) is 15.3. The molecule has 2 aromatic carbocycles. The van der Waals surface area contributed by atoms with Gasteiger partial charge in [-0.05, 0) is 48.2 Å². The lowest BCUT2D eigenvalue weighted by atomic mass is 10.0. The van der Waals surface area contributed by atoms with Gasteiger partial charge in [0.1, 0.15) is 24.7 Å². The van der Waals surface area contributed by atoms with Gasteiger partial charge in [0.25, 0.3) is 0 Å². The highest BCUT2D eigenvalue weighted by atomic mass is 16.5. The third-order valence-corrected chi connectivity index (χ3v) is 6.68. The number of tetrazole rings is 1. The van der Waals surface area contributed by atoms with Gasteiger partial charge in [-0.2, -0.15) is 0 Å². The summed E-state index contributed by atoms with van der Waals surface area (Å²) in [5.74, 6) is 0.226. The van der Waals surface area contributed by atoms with Crippen LogP contribution >= 0.6 is 0 Å². The number of hydrogen-bond acceptors (Lipinski definition) is 8. The molecule has 2 N–H and O–H groups in total. The predicted molar refractivity (Wildman–Crippen MR) is 141 cm³/mol. The van der Waals surface area contributed by atoms with E-state index in [0.29, 0.717) is 30.1 Å². The maximum atomic E-state index is 13.4. The first-order chi connectivity index (χ1) is 18.3. The number of aromatic nitrogens is 4. The van der Waals surface area contributed by atoms with Gasteiger partial charge in [-0.15, -0.1) is 5.10 Å². The fraction of sp³-hybridized carbons (Fsp3) is 0.444. The summed E-state index contributed by atoms with van der Waals surface area (Å²) in [6.45, 7) is 5.64. The Hall–Kier alpha value is -3.83. The van der Waals surface area contributed by atoms with Crippen LogP contribution in [-0.2, 0) is 29.1 Å². The van der Waals surface area contributed by atoms with Gasteiger partial charge in [0, 0.05) is 36.8 Å². The minimum Gasteiger partial charge on any atom is -0.488 e. The number of fused-ring (bicyclic) bond motifs is 1. The van der Waals surface area contributed by atoms with Gasteiger partial charge < -0.3 is 20.1 Å². The van der Waals surface area contributed by atoms with E-state index in [9.17, 15) is 14.7 Å². The summed E-state index contributed by atoms with van der Waals surface area (Å²) in [7, 11) is 2.05. The third-order valence-electron chi connectivity index (χ3n) is 6.68. The highest BCUT2D eigenvalue weighted by Gasteiger charge is 2.31. The second-order valence-corrected chi connectivity index (χ2v) is 9.95. The predicted octanol–water partition coefficient (Wildman–Crippen LogP) is 1.59. The summed E-state index contributed by atoms with van der Waals surface area (Å²) < 4.78 is 7.89. The van der Waals surface area contributed by atoms with Crippen LogP contribution < -0.4 is 10.1 Å². The SMILES string of the molecule is C[C@@H]1CN([C@H](C)CO)C(=O)Cc2cc(NC(=O)Cn3cnnn3)ccc2O[C@H]1CN(C)Cc1ccccc1. The standard InChI is InChI=1S/C27H35N7O4/c1-19-13-34(20(2)17-35)27(37)12-22-11-23(29-26(36)16-33-18-28-30-31-33)9-10-24(22)38-25(19)15-32(3)14-21-7-5-4-6-8-21/h4-11,18-20,25,35H,12-17H2,1-3H3,(H,29,36)/t19-,20-,25+/m1/s1. The Bertz CT molecular complexity index is 1210. The molecule has 2 amide bonds. The van der Waals surface area contributed by atoms with E-state index in [0.717, 1.165) is 6.54 Å². The highest BCUT2D eigenvalue weighted by Crippen LogP contribution is 2.29. The zero-order chi connectivity index (χ0) is 27.1. The molecule has 0 radical (unpaired) electrons.